The highest BCUT2D eigenvalue weighted by Gasteiger charge is 2.22. The van der Waals surface area contributed by atoms with Gasteiger partial charge in [0.15, 0.2) is 0 Å². The largest absolute Gasteiger partial charge is 0.478 e. The van der Waals surface area contributed by atoms with Crippen LogP contribution in [0.15, 0.2) is 95.9 Å². The first-order valence-electron chi connectivity index (χ1n) is 12.2. The Morgan fingerprint density at radius 3 is 1.24 bits per heavy atom. The van der Waals surface area contributed by atoms with Crippen LogP contribution in [0.3, 0.4) is 0 Å². The van der Waals surface area contributed by atoms with Gasteiger partial charge in [-0.05, 0) is 64.0 Å². The molecule has 11 nitrogen and oxygen atoms in total. The van der Waals surface area contributed by atoms with Gasteiger partial charge in [-0.1, -0.05) is 48.5 Å². The highest BCUT2D eigenvalue weighted by atomic mass is 32.2. The molecule has 5 N–H and O–H groups in total. The van der Waals surface area contributed by atoms with E-state index in [4.69, 9.17) is 0 Å². The fourth-order valence-corrected chi connectivity index (χ4v) is 4.99. The normalized spacial score (nSPS) is 11.3. The zero-order chi connectivity index (χ0) is 30.2. The molecule has 0 bridgehead atoms. The number of carbonyl (C=O) groups is 4. The minimum Gasteiger partial charge on any atom is -0.478 e. The van der Waals surface area contributed by atoms with Crippen LogP contribution in [0.25, 0.3) is 21.5 Å². The summed E-state index contributed by atoms with van der Waals surface area (Å²) in [5.41, 5.74) is -1.42. The number of carboxylic acid groups (broad SMARTS) is 2. The van der Waals surface area contributed by atoms with Gasteiger partial charge in [-0.15, -0.1) is 0 Å². The van der Waals surface area contributed by atoms with E-state index in [2.05, 4.69) is 10.6 Å². The topological polar surface area (TPSA) is 187 Å². The fourth-order valence-electron chi connectivity index (χ4n) is 4.44. The molecular weight excluding hydrogens is 564 g/mol. The van der Waals surface area contributed by atoms with Crippen molar-refractivity contribution < 1.29 is 42.4 Å². The Labute approximate surface area is 237 Å². The zero-order valence-corrected chi connectivity index (χ0v) is 22.2. The highest BCUT2D eigenvalue weighted by Crippen LogP contribution is 2.27. The lowest BCUT2D eigenvalue weighted by atomic mass is 10.0. The molecule has 0 aromatic heterocycles. The van der Waals surface area contributed by atoms with Crippen LogP contribution in [0.4, 0.5) is 11.4 Å². The third kappa shape index (κ3) is 5.66. The Morgan fingerprint density at radius 2 is 0.905 bits per heavy atom. The van der Waals surface area contributed by atoms with Gasteiger partial charge in [0.2, 0.25) is 0 Å². The molecule has 0 fully saturated rings. The summed E-state index contributed by atoms with van der Waals surface area (Å²) < 4.78 is 33.7. The average molecular weight is 585 g/mol. The predicted molar refractivity (Wildman–Crippen MR) is 154 cm³/mol. The smallest absolute Gasteiger partial charge is 0.337 e. The Morgan fingerprint density at radius 1 is 0.548 bits per heavy atom. The van der Waals surface area contributed by atoms with Gasteiger partial charge in [-0.25, -0.2) is 9.59 Å². The van der Waals surface area contributed by atoms with Crippen LogP contribution >= 0.6 is 0 Å². The van der Waals surface area contributed by atoms with Gasteiger partial charge in [0, 0.05) is 11.1 Å². The number of aromatic carboxylic acids is 2. The Bertz CT molecular complexity index is 1940. The summed E-state index contributed by atoms with van der Waals surface area (Å²) in [6, 6.07) is 22.0. The fraction of sp³-hybridized carbons (Fsp3) is 0. The maximum Gasteiger partial charge on any atom is 0.337 e. The first kappa shape index (κ1) is 28.0. The molecule has 0 saturated heterocycles. The molecule has 2 amide bonds. The minimum absolute atomic E-state index is 0.0864. The molecule has 0 aliphatic rings. The molecule has 0 spiro atoms. The lowest BCUT2D eigenvalue weighted by Gasteiger charge is -2.13. The van der Waals surface area contributed by atoms with Crippen molar-refractivity contribution in [3.05, 3.63) is 113 Å². The SMILES string of the molecule is O=C(Nc1cc2ccccc2cc1C(=O)O)c1cc(C(=O)Nc2cc3ccccc3cc2C(=O)O)cc(S(=O)(=O)O)c1. The lowest BCUT2D eigenvalue weighted by Crippen LogP contribution is -2.19. The molecule has 12 heteroatoms. The van der Waals surface area contributed by atoms with Crippen LogP contribution < -0.4 is 10.6 Å². The van der Waals surface area contributed by atoms with Crippen LogP contribution in [0.1, 0.15) is 41.4 Å². The number of carboxylic acids is 2. The second-order valence-corrected chi connectivity index (χ2v) is 10.7. The van der Waals surface area contributed by atoms with Gasteiger partial charge in [0.1, 0.15) is 0 Å². The highest BCUT2D eigenvalue weighted by molar-refractivity contribution is 7.85. The number of amides is 2. The van der Waals surface area contributed by atoms with E-state index in [0.29, 0.717) is 21.5 Å². The second kappa shape index (κ2) is 10.8. The van der Waals surface area contributed by atoms with Crippen molar-refractivity contribution in [3.8, 4) is 0 Å². The Hall–Kier alpha value is -5.59. The molecule has 0 radical (unpaired) electrons. The number of fused-ring (bicyclic) bond motifs is 2. The first-order chi connectivity index (χ1) is 19.9. The van der Waals surface area contributed by atoms with Crippen molar-refractivity contribution in [2.45, 2.75) is 4.90 Å². The van der Waals surface area contributed by atoms with Gasteiger partial charge in [0.05, 0.1) is 27.4 Å². The molecular formula is C30H20N2O9S. The number of carbonyl (C=O) groups excluding carboxylic acids is 2. The summed E-state index contributed by atoms with van der Waals surface area (Å²) in [5, 5.41) is 26.7. The average Bonchev–Trinajstić information content (AvgIpc) is 2.95. The molecule has 5 aromatic rings. The van der Waals surface area contributed by atoms with Crippen molar-refractivity contribution in [3.63, 3.8) is 0 Å². The summed E-state index contributed by atoms with van der Waals surface area (Å²) in [5.74, 6) is -4.59. The molecule has 5 aromatic carbocycles. The molecule has 0 aliphatic heterocycles. The molecule has 210 valence electrons. The van der Waals surface area contributed by atoms with E-state index in [1.54, 1.807) is 48.5 Å². The quantitative estimate of drug-likeness (QED) is 0.161. The van der Waals surface area contributed by atoms with Crippen LogP contribution in [0.5, 0.6) is 0 Å². The summed E-state index contributed by atoms with van der Waals surface area (Å²) >= 11 is 0. The minimum atomic E-state index is -4.91. The van der Waals surface area contributed by atoms with Crippen LogP contribution in [-0.2, 0) is 10.1 Å². The van der Waals surface area contributed by atoms with E-state index >= 15 is 0 Å². The second-order valence-electron chi connectivity index (χ2n) is 9.23. The Balaban J connectivity index is 1.54. The van der Waals surface area contributed by atoms with E-state index in [-0.39, 0.29) is 22.5 Å². The first-order valence-corrected chi connectivity index (χ1v) is 13.6. The number of hydrogen-bond donors (Lipinski definition) is 5. The molecule has 0 saturated carbocycles. The van der Waals surface area contributed by atoms with Crippen molar-refractivity contribution in [1.82, 2.24) is 0 Å². The molecule has 42 heavy (non-hydrogen) atoms. The summed E-state index contributed by atoms with van der Waals surface area (Å²) in [6.45, 7) is 0. The summed E-state index contributed by atoms with van der Waals surface area (Å²) in [4.78, 5) is 49.5. The number of anilines is 2. The lowest BCUT2D eigenvalue weighted by molar-refractivity contribution is 0.0687. The maximum absolute atomic E-state index is 13.2. The van der Waals surface area contributed by atoms with Gasteiger partial charge in [-0.3, -0.25) is 14.1 Å². The van der Waals surface area contributed by atoms with Crippen LogP contribution in [0.2, 0.25) is 0 Å². The molecule has 0 aliphatic carbocycles. The van der Waals surface area contributed by atoms with Crippen molar-refractivity contribution >= 4 is 66.8 Å². The summed E-state index contributed by atoms with van der Waals surface area (Å²) in [7, 11) is -4.91. The predicted octanol–water partition coefficient (Wildman–Crippen LogP) is 5.14. The number of hydrogen-bond acceptors (Lipinski definition) is 6. The molecule has 0 atom stereocenters. The third-order valence-corrected chi connectivity index (χ3v) is 7.29. The zero-order valence-electron chi connectivity index (χ0n) is 21.4. The van der Waals surface area contributed by atoms with Gasteiger partial charge in [0.25, 0.3) is 21.9 Å². The number of nitrogens with one attached hydrogen (secondary N) is 2. The maximum atomic E-state index is 13.2. The van der Waals surface area contributed by atoms with Crippen LogP contribution in [-0.4, -0.2) is 46.9 Å². The molecule has 5 rings (SSSR count). The van der Waals surface area contributed by atoms with E-state index < -0.39 is 49.9 Å². The third-order valence-electron chi connectivity index (χ3n) is 6.46. The number of rotatable bonds is 7. The molecule has 0 heterocycles. The van der Waals surface area contributed by atoms with Gasteiger partial charge in [-0.2, -0.15) is 8.42 Å². The van der Waals surface area contributed by atoms with Crippen molar-refractivity contribution in [1.29, 1.82) is 0 Å². The number of benzene rings is 5. The molecule has 0 unspecified atom stereocenters. The van der Waals surface area contributed by atoms with Crippen molar-refractivity contribution in [2.75, 3.05) is 10.6 Å². The Kier molecular flexibility index (Phi) is 7.17. The summed E-state index contributed by atoms with van der Waals surface area (Å²) in [6.07, 6.45) is 0. The van der Waals surface area contributed by atoms with E-state index in [9.17, 15) is 42.4 Å². The van der Waals surface area contributed by atoms with E-state index in [1.807, 2.05) is 0 Å². The van der Waals surface area contributed by atoms with E-state index in [0.717, 1.165) is 18.2 Å². The van der Waals surface area contributed by atoms with Gasteiger partial charge < -0.3 is 20.8 Å². The van der Waals surface area contributed by atoms with Crippen molar-refractivity contribution in [2.24, 2.45) is 0 Å². The standard InChI is InChI=1S/C30H20N2O9S/c33-27(31-25-14-18-7-3-1-5-16(18)12-23(25)29(35)36)20-9-21(11-22(10-20)42(39,40)41)28(34)32-26-15-19-8-4-2-6-17(19)13-24(26)30(37)38/h1-15H,(H,31,33)(H,32,34)(H,35,36)(H,37,38)(H,39,40,41). The monoisotopic (exact) mass is 584 g/mol. The van der Waals surface area contributed by atoms with E-state index in [1.165, 1.54) is 24.3 Å². The van der Waals surface area contributed by atoms with Crippen LogP contribution in [0, 0.1) is 0 Å². The van der Waals surface area contributed by atoms with Gasteiger partial charge >= 0.3 is 11.9 Å².